The second kappa shape index (κ2) is 10.7. The molecule has 9 nitrogen and oxygen atoms in total. The molecule has 11 heteroatoms. The summed E-state index contributed by atoms with van der Waals surface area (Å²) in [6, 6.07) is 0. The van der Waals surface area contributed by atoms with Gasteiger partial charge in [0.25, 0.3) is 0 Å². The Morgan fingerprint density at radius 3 is 1.90 bits per heavy atom. The molecule has 0 aromatic rings. The van der Waals surface area contributed by atoms with Crippen molar-refractivity contribution in [2.24, 2.45) is 35.0 Å². The topological polar surface area (TPSA) is 114 Å². The van der Waals surface area contributed by atoms with Gasteiger partial charge in [0.1, 0.15) is 24.4 Å². The predicted octanol–water partition coefficient (Wildman–Crippen LogP) is 4.39. The van der Waals surface area contributed by atoms with E-state index in [-0.39, 0.29) is 52.5 Å². The van der Waals surface area contributed by atoms with Crippen LogP contribution in [0.3, 0.4) is 0 Å². The number of hydrogen-bond acceptors (Lipinski definition) is 9. The predicted molar refractivity (Wildman–Crippen MR) is 152 cm³/mol. The third-order valence-electron chi connectivity index (χ3n) is 9.87. The average Bonchev–Trinajstić information content (AvgIpc) is 2.77. The molecule has 13 atom stereocenters. The first-order chi connectivity index (χ1) is 18.0. The fourth-order valence-electron chi connectivity index (χ4n) is 8.93. The van der Waals surface area contributed by atoms with E-state index in [1.807, 2.05) is 6.92 Å². The van der Waals surface area contributed by atoms with Crippen LogP contribution in [-0.2, 0) is 42.9 Å². The number of ether oxygens (including phenoxy) is 5. The number of alkyl halides is 2. The van der Waals surface area contributed by atoms with Gasteiger partial charge in [-0.15, -0.1) is 0 Å². The number of rotatable bonds is 5. The van der Waals surface area contributed by atoms with Crippen molar-refractivity contribution in [2.75, 3.05) is 4.43 Å². The van der Waals surface area contributed by atoms with Gasteiger partial charge >= 0.3 is 23.9 Å². The highest BCUT2D eigenvalue weighted by Gasteiger charge is 2.77. The minimum atomic E-state index is -0.852. The summed E-state index contributed by atoms with van der Waals surface area (Å²) < 4.78 is 31.6. The van der Waals surface area contributed by atoms with Gasteiger partial charge in [-0.05, 0) is 38.0 Å². The highest BCUT2D eigenvalue weighted by atomic mass is 127. The normalized spacial score (nSPS) is 48.3. The maximum absolute atomic E-state index is 12.6. The number of carbonyl (C=O) groups is 4. The molecule has 0 N–H and O–H groups in total. The smallest absolute Gasteiger partial charge is 0.303 e. The van der Waals surface area contributed by atoms with E-state index in [4.69, 9.17) is 23.7 Å². The molecule has 5 rings (SSSR count). The Bertz CT molecular complexity index is 1040. The van der Waals surface area contributed by atoms with Gasteiger partial charge in [-0.3, -0.25) is 19.2 Å². The van der Waals surface area contributed by atoms with E-state index in [1.54, 1.807) is 0 Å². The van der Waals surface area contributed by atoms with Crippen molar-refractivity contribution in [3.63, 3.8) is 0 Å². The summed E-state index contributed by atoms with van der Waals surface area (Å²) in [5.74, 6) is -2.67. The van der Waals surface area contributed by atoms with Gasteiger partial charge in [0.2, 0.25) is 0 Å². The van der Waals surface area contributed by atoms with Crippen molar-refractivity contribution in [1.82, 2.24) is 0 Å². The van der Waals surface area contributed by atoms with Crippen LogP contribution in [0.25, 0.3) is 0 Å². The zero-order chi connectivity index (χ0) is 29.2. The summed E-state index contributed by atoms with van der Waals surface area (Å²) in [6.07, 6.45) is -1.40. The Kier molecular flexibility index (Phi) is 8.51. The minimum absolute atomic E-state index is 0.129. The highest BCUT2D eigenvalue weighted by molar-refractivity contribution is 14.1. The summed E-state index contributed by atoms with van der Waals surface area (Å²) in [4.78, 5) is 49.3. The van der Waals surface area contributed by atoms with Crippen molar-refractivity contribution in [3.05, 3.63) is 0 Å². The van der Waals surface area contributed by atoms with Gasteiger partial charge in [0.15, 0.2) is 0 Å². The maximum atomic E-state index is 12.6. The summed E-state index contributed by atoms with van der Waals surface area (Å²) in [6.45, 7) is 13.8. The lowest BCUT2D eigenvalue weighted by molar-refractivity contribution is -0.365. The van der Waals surface area contributed by atoms with E-state index in [0.29, 0.717) is 17.3 Å². The Hall–Kier alpha value is -0.950. The van der Waals surface area contributed by atoms with Crippen LogP contribution in [0.15, 0.2) is 0 Å². The van der Waals surface area contributed by atoms with Gasteiger partial charge in [0.05, 0.1) is 11.2 Å². The fourth-order valence-corrected chi connectivity index (χ4v) is 10.5. The fraction of sp³-hybridized carbons (Fsp3) is 0.857. The Balaban J connectivity index is 1.99. The summed E-state index contributed by atoms with van der Waals surface area (Å²) in [5.41, 5.74) is -2.19. The molecular formula is C28H40BrIO9. The molecule has 1 unspecified atom stereocenters. The molecule has 0 spiro atoms. The van der Waals surface area contributed by atoms with Crippen molar-refractivity contribution >= 4 is 62.4 Å². The lowest BCUT2D eigenvalue weighted by Gasteiger charge is -2.73. The number of fused-ring (bicyclic) bond motifs is 3. The largest absolute Gasteiger partial charge is 0.462 e. The lowest BCUT2D eigenvalue weighted by atomic mass is 9.40. The van der Waals surface area contributed by atoms with Crippen LogP contribution < -0.4 is 0 Å². The molecule has 0 amide bonds. The van der Waals surface area contributed by atoms with E-state index >= 15 is 0 Å². The first kappa shape index (κ1) is 31.0. The van der Waals surface area contributed by atoms with Crippen LogP contribution in [0, 0.1) is 35.0 Å². The van der Waals surface area contributed by atoms with E-state index in [9.17, 15) is 19.2 Å². The first-order valence-electron chi connectivity index (χ1n) is 13.6. The minimum Gasteiger partial charge on any atom is -0.462 e. The highest BCUT2D eigenvalue weighted by Crippen LogP contribution is 2.70. The maximum Gasteiger partial charge on any atom is 0.303 e. The van der Waals surface area contributed by atoms with Crippen LogP contribution in [0.2, 0.25) is 0 Å². The molecule has 39 heavy (non-hydrogen) atoms. The quantitative estimate of drug-likeness (QED) is 0.176. The number of carbonyl (C=O) groups excluding carboxylic acids is 4. The number of esters is 4. The molecular weight excluding hydrogens is 687 g/mol. The van der Waals surface area contributed by atoms with E-state index in [0.717, 1.165) is 0 Å². The zero-order valence-corrected chi connectivity index (χ0v) is 27.6. The van der Waals surface area contributed by atoms with Gasteiger partial charge in [-0.2, -0.15) is 0 Å². The molecule has 2 bridgehead atoms. The third kappa shape index (κ3) is 5.04. The number of halogens is 2. The monoisotopic (exact) mass is 726 g/mol. The van der Waals surface area contributed by atoms with E-state index in [1.165, 1.54) is 27.7 Å². The summed E-state index contributed by atoms with van der Waals surface area (Å²) in [7, 11) is 0. The van der Waals surface area contributed by atoms with Gasteiger partial charge in [-0.25, -0.2) is 0 Å². The zero-order valence-electron chi connectivity index (χ0n) is 23.8. The Labute approximate surface area is 252 Å². The van der Waals surface area contributed by atoms with E-state index < -0.39 is 46.9 Å². The summed E-state index contributed by atoms with van der Waals surface area (Å²) >= 11 is 6.23. The number of hydrogen-bond donors (Lipinski definition) is 0. The standard InChI is InChI=1S/C28H40BrIO9/c1-12-17(35-13(2)31)9-19(29)28(8)21(12)20-22-18(36-14(3)32)10-26(6,39-27(22,7)11-30)23(20)24(37-15(4)33)25(28)38-16(5)34/h12,17-25H,9-11H2,1-8H3/t12-,17-,18-,19-,20-,21+,22+,23-,24-,25+,26-,27?,28+/m1/s1. The molecule has 2 heterocycles. The van der Waals surface area contributed by atoms with Crippen molar-refractivity contribution in [3.8, 4) is 0 Å². The van der Waals surface area contributed by atoms with Crippen LogP contribution in [0.5, 0.6) is 0 Å². The van der Waals surface area contributed by atoms with Crippen LogP contribution in [-0.4, -0.2) is 68.7 Å². The Morgan fingerprint density at radius 1 is 0.846 bits per heavy atom. The van der Waals surface area contributed by atoms with Gasteiger partial charge in [0, 0.05) is 60.6 Å². The van der Waals surface area contributed by atoms with Gasteiger partial charge in [-0.1, -0.05) is 52.4 Å². The summed E-state index contributed by atoms with van der Waals surface area (Å²) in [5, 5.41) is 0. The molecule has 3 aliphatic carbocycles. The van der Waals surface area contributed by atoms with Crippen LogP contribution >= 0.6 is 38.5 Å². The molecule has 0 aromatic heterocycles. The van der Waals surface area contributed by atoms with Crippen LogP contribution in [0.4, 0.5) is 0 Å². The van der Waals surface area contributed by atoms with Crippen molar-refractivity contribution < 1.29 is 42.9 Å². The van der Waals surface area contributed by atoms with Crippen LogP contribution in [0.1, 0.15) is 68.2 Å². The molecule has 2 aliphatic heterocycles. The first-order valence-corrected chi connectivity index (χ1v) is 16.0. The molecule has 220 valence electrons. The van der Waals surface area contributed by atoms with Crippen molar-refractivity contribution in [2.45, 2.75) is 109 Å². The van der Waals surface area contributed by atoms with Gasteiger partial charge < -0.3 is 23.7 Å². The average molecular weight is 727 g/mol. The third-order valence-corrected chi connectivity index (χ3v) is 12.7. The molecule has 5 fully saturated rings. The molecule has 2 saturated heterocycles. The molecule has 3 saturated carbocycles. The second-order valence-corrected chi connectivity index (χ2v) is 14.4. The molecule has 0 aromatic carbocycles. The second-order valence-electron chi connectivity index (χ2n) is 12.5. The SMILES string of the molecule is CC(=O)O[C@@H]1[C@H]2[C@@H]([C@@H]3[C@H](OC(C)=O)C[C@@]2(C)OC3(C)CI)[C@@H]2[C@H](C)[C@H](OC(C)=O)C[C@@H](Br)[C@]2(C)[C@H]1OC(C)=O. The Morgan fingerprint density at radius 2 is 1.38 bits per heavy atom. The van der Waals surface area contributed by atoms with E-state index in [2.05, 4.69) is 59.3 Å². The lowest BCUT2D eigenvalue weighted by Crippen LogP contribution is -2.80. The van der Waals surface area contributed by atoms with Crippen molar-refractivity contribution in [1.29, 1.82) is 0 Å². The molecule has 0 radical (unpaired) electrons. The molecule has 5 aliphatic rings.